The van der Waals surface area contributed by atoms with Crippen molar-refractivity contribution in [3.05, 3.63) is 0 Å². The zero-order valence-electron chi connectivity index (χ0n) is 18.0. The zero-order valence-corrected chi connectivity index (χ0v) is 19.7. The van der Waals surface area contributed by atoms with Crippen molar-refractivity contribution in [1.29, 1.82) is 0 Å². The first-order chi connectivity index (χ1) is 13.7. The third-order valence-electron chi connectivity index (χ3n) is 8.67. The molecule has 168 valence electrons. The maximum Gasteiger partial charge on any atom is 0.320 e. The number of fused-ring (bicyclic) bond motifs is 5. The second-order valence-electron chi connectivity index (χ2n) is 9.73. The van der Waals surface area contributed by atoms with Gasteiger partial charge in [-0.05, 0) is 92.8 Å². The van der Waals surface area contributed by atoms with Crippen LogP contribution in [0.4, 0.5) is 0 Å². The van der Waals surface area contributed by atoms with Crippen LogP contribution in [0.1, 0.15) is 78.6 Å². The summed E-state index contributed by atoms with van der Waals surface area (Å²) in [5.74, 6) is 3.23. The van der Waals surface area contributed by atoms with Crippen molar-refractivity contribution in [3.63, 3.8) is 0 Å². The summed E-state index contributed by atoms with van der Waals surface area (Å²) in [5.41, 5.74) is -0.0148. The molecule has 0 radical (unpaired) electrons. The minimum Gasteiger partial charge on any atom is -0.393 e. The molecule has 0 heterocycles. The van der Waals surface area contributed by atoms with Crippen molar-refractivity contribution in [3.8, 4) is 0 Å². The molecular weight excluding hydrogens is 408 g/mol. The Morgan fingerprint density at radius 1 is 1.00 bits per heavy atom. The van der Waals surface area contributed by atoms with Gasteiger partial charge < -0.3 is 5.11 Å². The van der Waals surface area contributed by atoms with Crippen LogP contribution in [0.15, 0.2) is 0 Å². The smallest absolute Gasteiger partial charge is 0.320 e. The lowest BCUT2D eigenvalue weighted by Gasteiger charge is -2.56. The quantitative estimate of drug-likeness (QED) is 0.478. The molecule has 4 rings (SSSR count). The summed E-state index contributed by atoms with van der Waals surface area (Å²) in [5, 5.41) is 10.0. The van der Waals surface area contributed by atoms with Gasteiger partial charge in [0.2, 0.25) is 0 Å². The summed E-state index contributed by atoms with van der Waals surface area (Å²) in [7, 11) is -3.80. The van der Waals surface area contributed by atoms with Crippen molar-refractivity contribution in [2.75, 3.05) is 5.75 Å². The average molecular weight is 447 g/mol. The van der Waals surface area contributed by atoms with Crippen molar-refractivity contribution >= 4 is 25.7 Å². The second kappa shape index (κ2) is 9.17. The summed E-state index contributed by atoms with van der Waals surface area (Å²) in [6.45, 7) is 6.26. The maximum atomic E-state index is 12.8. The Labute approximate surface area is 179 Å². The summed E-state index contributed by atoms with van der Waals surface area (Å²) >= 11 is 0. The summed E-state index contributed by atoms with van der Waals surface area (Å²) in [6, 6.07) is 0. The highest BCUT2D eigenvalue weighted by Crippen LogP contribution is 2.64. The molecule has 0 spiro atoms. The molecule has 5 nitrogen and oxygen atoms in total. The second-order valence-corrected chi connectivity index (χ2v) is 13.1. The van der Waals surface area contributed by atoms with Gasteiger partial charge in [0.25, 0.3) is 0 Å². The normalized spacial score (nSPS) is 44.0. The molecule has 0 saturated heterocycles. The van der Waals surface area contributed by atoms with Gasteiger partial charge >= 0.3 is 9.15 Å². The van der Waals surface area contributed by atoms with Crippen molar-refractivity contribution in [2.24, 2.45) is 40.9 Å². The van der Waals surface area contributed by atoms with E-state index in [4.69, 9.17) is 4.55 Å². The number of aliphatic hydroxyl groups excluding tert-OH is 1. The first-order valence-electron chi connectivity index (χ1n) is 11.5. The van der Waals surface area contributed by atoms with E-state index >= 15 is 0 Å². The number of rotatable bonds is 4. The van der Waals surface area contributed by atoms with Crippen LogP contribution in [-0.4, -0.2) is 35.7 Å². The first-order valence-corrected chi connectivity index (χ1v) is 14.5. The highest BCUT2D eigenvalue weighted by molar-refractivity contribution is 8.70. The monoisotopic (exact) mass is 446 g/mol. The SMILES string of the molecule is CC.CC12CCC3C4CCC(O)CC4CCC3C1CCC2C(=O)CSS(=O)(=O)O. The predicted octanol–water partition coefficient (Wildman–Crippen LogP) is 4.75. The van der Waals surface area contributed by atoms with Gasteiger partial charge in [-0.3, -0.25) is 9.35 Å². The summed E-state index contributed by atoms with van der Waals surface area (Å²) in [6.07, 6.45) is 9.57. The van der Waals surface area contributed by atoms with Gasteiger partial charge in [0.15, 0.2) is 0 Å². The van der Waals surface area contributed by atoms with E-state index < -0.39 is 9.15 Å². The van der Waals surface area contributed by atoms with Gasteiger partial charge in [-0.2, -0.15) is 8.42 Å². The van der Waals surface area contributed by atoms with E-state index in [-0.39, 0.29) is 29.0 Å². The molecule has 0 amide bonds. The van der Waals surface area contributed by atoms with Crippen LogP contribution in [0, 0.1) is 40.9 Å². The van der Waals surface area contributed by atoms with E-state index in [1.807, 2.05) is 13.8 Å². The molecule has 8 atom stereocenters. The van der Waals surface area contributed by atoms with Gasteiger partial charge in [-0.1, -0.05) is 20.8 Å². The molecule has 0 aromatic carbocycles. The Kier molecular flexibility index (Phi) is 7.45. The predicted molar refractivity (Wildman–Crippen MR) is 117 cm³/mol. The molecule has 8 unspecified atom stereocenters. The molecule has 4 saturated carbocycles. The fourth-order valence-electron chi connectivity index (χ4n) is 7.59. The van der Waals surface area contributed by atoms with Crippen molar-refractivity contribution < 1.29 is 22.9 Å². The Morgan fingerprint density at radius 2 is 1.69 bits per heavy atom. The third kappa shape index (κ3) is 4.73. The van der Waals surface area contributed by atoms with Crippen LogP contribution in [0.5, 0.6) is 0 Å². The lowest BCUT2D eigenvalue weighted by molar-refractivity contribution is -0.128. The van der Waals surface area contributed by atoms with Crippen LogP contribution in [-0.2, 0) is 13.9 Å². The molecule has 0 aromatic heterocycles. The maximum absolute atomic E-state index is 12.8. The minimum absolute atomic E-state index is 0.00412. The largest absolute Gasteiger partial charge is 0.393 e. The van der Waals surface area contributed by atoms with Gasteiger partial charge in [0.05, 0.1) is 11.9 Å². The minimum atomic E-state index is -4.16. The Morgan fingerprint density at radius 3 is 2.38 bits per heavy atom. The highest BCUT2D eigenvalue weighted by atomic mass is 33.1. The lowest BCUT2D eigenvalue weighted by Crippen LogP contribution is -2.49. The lowest BCUT2D eigenvalue weighted by atomic mass is 9.49. The molecule has 2 N–H and O–H groups in total. The van der Waals surface area contributed by atoms with Crippen molar-refractivity contribution in [2.45, 2.75) is 84.7 Å². The molecule has 0 bridgehead atoms. The number of aliphatic hydroxyl groups is 1. The van der Waals surface area contributed by atoms with Gasteiger partial charge in [-0.25, -0.2) is 0 Å². The third-order valence-corrected chi connectivity index (χ3v) is 10.6. The molecule has 4 aliphatic carbocycles. The molecule has 4 aliphatic rings. The van der Waals surface area contributed by atoms with Crippen LogP contribution in [0.25, 0.3) is 0 Å². The fourth-order valence-corrected chi connectivity index (χ4v) is 8.85. The van der Waals surface area contributed by atoms with E-state index in [1.54, 1.807) is 0 Å². The molecule has 4 fully saturated rings. The Hall–Kier alpha value is -0.110. The van der Waals surface area contributed by atoms with E-state index in [0.717, 1.165) is 50.4 Å². The molecular formula is C22H38O5S2. The number of ketones is 1. The van der Waals surface area contributed by atoms with Crippen molar-refractivity contribution in [1.82, 2.24) is 0 Å². The van der Waals surface area contributed by atoms with E-state index in [1.165, 1.54) is 19.3 Å². The van der Waals surface area contributed by atoms with Gasteiger partial charge in [-0.15, -0.1) is 0 Å². The Balaban J connectivity index is 0.00000117. The topological polar surface area (TPSA) is 91.7 Å². The number of carbonyl (C=O) groups is 1. The van der Waals surface area contributed by atoms with E-state index in [0.29, 0.717) is 28.5 Å². The molecule has 0 aliphatic heterocycles. The number of hydrogen-bond donors (Lipinski definition) is 2. The average Bonchev–Trinajstić information content (AvgIpc) is 3.04. The van der Waals surface area contributed by atoms with Crippen LogP contribution in [0.2, 0.25) is 0 Å². The summed E-state index contributed by atoms with van der Waals surface area (Å²) < 4.78 is 31.0. The molecule has 7 heteroatoms. The van der Waals surface area contributed by atoms with E-state index in [2.05, 4.69) is 6.92 Å². The number of hydrogen-bond acceptors (Lipinski definition) is 5. The molecule has 0 aromatic rings. The first kappa shape index (κ1) is 23.6. The zero-order chi connectivity index (χ0) is 21.4. The number of carbonyl (C=O) groups excluding carboxylic acids is 1. The van der Waals surface area contributed by atoms with Gasteiger partial charge in [0, 0.05) is 16.7 Å². The highest BCUT2D eigenvalue weighted by Gasteiger charge is 2.58. The van der Waals surface area contributed by atoms with Gasteiger partial charge in [0.1, 0.15) is 5.78 Å². The van der Waals surface area contributed by atoms with Crippen LogP contribution >= 0.6 is 10.8 Å². The Bertz CT molecular complexity index is 693. The standard InChI is InChI=1S/C20H32O5S2.C2H6/c1-20-9-8-15-14-5-3-13(21)10-12(14)2-4-16(15)17(20)6-7-18(20)19(22)11-26-27(23,24)25;1-2/h12-18,21H,2-11H2,1H3,(H,23,24,25);1-2H3. The number of Topliss-reactive ketones (excluding diaryl/α,β-unsaturated/α-hetero) is 1. The summed E-state index contributed by atoms with van der Waals surface area (Å²) in [4.78, 5) is 12.8. The van der Waals surface area contributed by atoms with E-state index in [9.17, 15) is 18.3 Å². The molecule has 29 heavy (non-hydrogen) atoms. The van der Waals surface area contributed by atoms with Crippen LogP contribution < -0.4 is 0 Å². The van der Waals surface area contributed by atoms with Crippen LogP contribution in [0.3, 0.4) is 0 Å². The fraction of sp³-hybridized carbons (Fsp3) is 0.955.